The molecule has 129 heavy (non-hydrogen) atoms. The molecule has 642 valence electrons. The lowest BCUT2D eigenvalue weighted by Crippen LogP contribution is -2.36. The van der Waals surface area contributed by atoms with Gasteiger partial charge in [0.15, 0.2) is 33.0 Å². The van der Waals surface area contributed by atoms with Crippen molar-refractivity contribution in [3.63, 3.8) is 0 Å². The van der Waals surface area contributed by atoms with Crippen molar-refractivity contribution in [3.8, 4) is 0 Å². The van der Waals surface area contributed by atoms with Gasteiger partial charge in [0.2, 0.25) is 0 Å². The normalized spacial score (nSPS) is 13.6. The van der Waals surface area contributed by atoms with Crippen LogP contribution in [0.1, 0.15) is 58.9 Å². The molecule has 47 heteroatoms. The van der Waals surface area contributed by atoms with Crippen LogP contribution in [0, 0.1) is 63.3 Å². The van der Waals surface area contributed by atoms with Gasteiger partial charge in [0.05, 0.1) is 70.8 Å². The highest BCUT2D eigenvalue weighted by Gasteiger charge is 2.28. The molecular weight excluding hydrogens is 1780 g/mol. The van der Waals surface area contributed by atoms with Gasteiger partial charge in [-0.05, 0) is 134 Å². The number of carbonyl (C=O) groups is 4. The first-order valence-corrected chi connectivity index (χ1v) is 42.6. The number of thiazole rings is 1. The van der Waals surface area contributed by atoms with Gasteiger partial charge in [0.1, 0.15) is 64.0 Å². The fourth-order valence-electron chi connectivity index (χ4n) is 12.4. The molecule has 0 radical (unpaired) electrons. The number of nitro benzene ring substituents is 5. The van der Waals surface area contributed by atoms with Crippen LogP contribution in [0.15, 0.2) is 306 Å². The summed E-state index contributed by atoms with van der Waals surface area (Å²) in [5, 5.41) is 75.3. The Morgan fingerprint density at radius 3 is 1.30 bits per heavy atom. The summed E-state index contributed by atoms with van der Waals surface area (Å²) in [5.41, 5.74) is 29.3. The van der Waals surface area contributed by atoms with Gasteiger partial charge in [-0.15, -0.1) is 23.1 Å². The average molecular weight is 1840 g/mol. The van der Waals surface area contributed by atoms with E-state index in [2.05, 4.69) is 97.6 Å². The van der Waals surface area contributed by atoms with Gasteiger partial charge in [0, 0.05) is 119 Å². The summed E-state index contributed by atoms with van der Waals surface area (Å²) in [7, 11) is 0. The Balaban J connectivity index is 0.000000129. The van der Waals surface area contributed by atoms with Crippen LogP contribution < -0.4 is 53.5 Å². The van der Waals surface area contributed by atoms with Gasteiger partial charge in [0.25, 0.3) is 40.3 Å². The number of non-ortho nitro benzene ring substituents is 5. The van der Waals surface area contributed by atoms with Crippen LogP contribution in [0.3, 0.4) is 0 Å². The third-order valence-electron chi connectivity index (χ3n) is 18.3. The predicted octanol–water partition coefficient (Wildman–Crippen LogP) is 15.4. The lowest BCUT2D eigenvalue weighted by molar-refractivity contribution is -0.386. The quantitative estimate of drug-likeness (QED) is 0.0281. The largest absolute Gasteiger partial charge is 0.345 e. The Labute approximate surface area is 747 Å². The Bertz CT molecular complexity index is 7220. The number of hydrogen-bond acceptors (Lipinski definition) is 33. The fourth-order valence-corrected chi connectivity index (χ4v) is 18.2. The zero-order valence-corrected chi connectivity index (χ0v) is 71.3. The van der Waals surface area contributed by atoms with Crippen molar-refractivity contribution in [1.29, 1.82) is 0 Å². The number of hydrogen-bond donors (Lipinski definition) is 2. The first kappa shape index (κ1) is 91.0. The third kappa shape index (κ3) is 22.5. The van der Waals surface area contributed by atoms with E-state index in [1.54, 1.807) is 102 Å². The number of nitrogens with zero attached hydrogens (tertiary/aromatic N) is 24. The highest BCUT2D eigenvalue weighted by molar-refractivity contribution is 8.15. The molecule has 7 aliphatic rings. The molecule has 12 aromatic rings. The van der Waals surface area contributed by atoms with Crippen LogP contribution >= 0.6 is 70.1 Å². The number of amides is 2. The number of aliphatic imine (C=N–C) groups is 1. The lowest BCUT2D eigenvalue weighted by Gasteiger charge is -2.16. The summed E-state index contributed by atoms with van der Waals surface area (Å²) in [4.78, 5) is 155. The molecule has 8 heterocycles. The molecule has 11 aromatic carbocycles. The van der Waals surface area contributed by atoms with Crippen LogP contribution in [0.25, 0.3) is 41.5 Å². The minimum absolute atomic E-state index is 0.00838. The first-order chi connectivity index (χ1) is 62.3. The van der Waals surface area contributed by atoms with E-state index in [1.807, 2.05) is 73.7 Å². The Hall–Kier alpha value is -15.7. The van der Waals surface area contributed by atoms with E-state index in [4.69, 9.17) is 16.6 Å². The second-order valence-electron chi connectivity index (χ2n) is 26.7. The maximum Gasteiger partial charge on any atom is 0.296 e. The Morgan fingerprint density at radius 1 is 0.442 bits per heavy atom. The van der Waals surface area contributed by atoms with E-state index in [0.29, 0.717) is 66.0 Å². The van der Waals surface area contributed by atoms with Gasteiger partial charge in [-0.25, -0.2) is 9.37 Å². The summed E-state index contributed by atoms with van der Waals surface area (Å²) in [6.07, 6.45) is 0. The molecule has 0 bridgehead atoms. The topological polar surface area (TPSA) is 578 Å². The number of aryl methyl sites for hydroxylation is 1. The molecular formula is C82H57FN26O14S6. The molecule has 0 saturated carbocycles. The van der Waals surface area contributed by atoms with Gasteiger partial charge < -0.3 is 10.6 Å². The summed E-state index contributed by atoms with van der Waals surface area (Å²) in [6.45, 7) is 5.06. The zero-order valence-electron chi connectivity index (χ0n) is 66.4. The van der Waals surface area contributed by atoms with Crippen molar-refractivity contribution in [3.05, 3.63) is 370 Å². The number of carbonyl (C=O) groups excluding carboxylic acids is 4. The number of nitro groups is 5. The average Bonchev–Trinajstić information content (AvgIpc) is 1.45. The van der Waals surface area contributed by atoms with Crippen molar-refractivity contribution >= 4 is 154 Å². The number of rotatable bonds is 17. The van der Waals surface area contributed by atoms with Crippen LogP contribution in [0.5, 0.6) is 0 Å². The number of halogens is 1. The smallest absolute Gasteiger partial charge is 0.296 e. The number of thioether (sulfide) groups is 1. The molecule has 0 fully saturated rings. The second-order valence-corrected chi connectivity index (χ2v) is 33.2. The number of azide groups is 3. The van der Waals surface area contributed by atoms with Gasteiger partial charge in [-0.3, -0.25) is 115 Å². The molecule has 2 N–H and O–H groups in total. The van der Waals surface area contributed by atoms with Crippen molar-refractivity contribution in [2.24, 2.45) is 60.3 Å². The second kappa shape index (κ2) is 42.3. The first-order valence-electron chi connectivity index (χ1n) is 37.5. The van der Waals surface area contributed by atoms with E-state index in [1.165, 1.54) is 114 Å². The SMILES string of the molecule is CC1CSC(c2nc3ccc(N=[N+]=[N-])cc3s2)=N1.Cc1ccc(Sc2ccc([N+](=O)[O-])c3c2=NCN=3)cc1.O=[N+]([O-])c1ccc(Sc2ccc(F)cc2)c2c1=NCN=2.O=[N+]([O-])c1ccc(Sc2ccc([N+](=O)[O-])c3c2=NCN=3)cc1.O=[N+]([O-])c1ccc(Sc2ccccc2)c2c1=NCN=2.[N-]=[N+]=Nc1ccc2c(c1)C(=O)NCC2=O.[N-]=[N+]=Nc1cccc2c1C(=O)NCC2=O. The van der Waals surface area contributed by atoms with E-state index < -0.39 is 24.6 Å². The highest BCUT2D eigenvalue weighted by Crippen LogP contribution is 2.35. The summed E-state index contributed by atoms with van der Waals surface area (Å²) >= 11 is 9.14. The molecule has 1 unspecified atom stereocenters. The number of ketones is 2. The maximum atomic E-state index is 12.9. The molecule has 1 aromatic heterocycles. The number of fused-ring (bicyclic) bond motifs is 7. The minimum Gasteiger partial charge on any atom is -0.345 e. The molecule has 1 atom stereocenters. The molecule has 40 nitrogen and oxygen atoms in total. The third-order valence-corrected chi connectivity index (χ3v) is 24.9. The fraction of sp³-hybridized carbons (Fsp3) is 0.122. The van der Waals surface area contributed by atoms with E-state index in [0.717, 1.165) is 65.2 Å². The van der Waals surface area contributed by atoms with Crippen LogP contribution in [-0.2, 0) is 0 Å². The Morgan fingerprint density at radius 2 is 0.860 bits per heavy atom. The maximum absolute atomic E-state index is 12.9. The zero-order chi connectivity index (χ0) is 91.4. The molecule has 0 spiro atoms. The van der Waals surface area contributed by atoms with Crippen molar-refractivity contribution in [2.75, 3.05) is 45.5 Å². The van der Waals surface area contributed by atoms with Crippen LogP contribution in [-0.4, -0.2) is 110 Å². The minimum atomic E-state index is -0.483. The standard InChI is InChI=1S/C14H11N3O2S.C13H8FN3O2S.C13H8N4O4S.C13H9N3O2S.C11H9N5S2.2C9H6N4O2/c1-9-2-4-10(5-3-9)20-12-7-6-11(17(18)19)13-14(12)16-8-15-13;14-8-1-3-9(4-2-8)20-11-6-5-10(17(18)19)12-13(11)16-7-15-12;18-16(19)8-1-3-9(4-2-8)22-11-6-5-10(17(20)21)12-13(11)15-7-14-12;17-16(18)10-6-7-11(13-12(10)14-8-15-13)19-9-4-2-1-3-5-9;1-6-5-17-10(13-6)11-14-8-3-2-7(15-16-12)4-9(8)18-11;10-13-12-5-1-2-6-7(3-5)9(15)11-4-8(6)14;10-13-12-6-3-1-2-5-7(14)4-11-9(15)8(5)6/h2-7H,8H2,1H3;1-6H,7H2;1-6H,7H2;1-7H,8H2;2-4,6H,5H2,1H3;2*1-3H,4H2,(H,11,15). The van der Waals surface area contributed by atoms with Crippen LogP contribution in [0.2, 0.25) is 0 Å². The number of nitrogens with one attached hydrogen (secondary N) is 2. The van der Waals surface area contributed by atoms with E-state index >= 15 is 0 Å². The summed E-state index contributed by atoms with van der Waals surface area (Å²) in [5.74, 6) is -0.304. The monoisotopic (exact) mass is 1840 g/mol. The highest BCUT2D eigenvalue weighted by atomic mass is 32.2. The van der Waals surface area contributed by atoms with Gasteiger partial charge in [-0.1, -0.05) is 135 Å². The Kier molecular flexibility index (Phi) is 29.8. The molecule has 2 amide bonds. The lowest BCUT2D eigenvalue weighted by atomic mass is 9.98. The number of benzene rings is 11. The van der Waals surface area contributed by atoms with Crippen molar-refractivity contribution in [1.82, 2.24) is 15.6 Å². The predicted molar refractivity (Wildman–Crippen MR) is 475 cm³/mol. The molecule has 0 saturated heterocycles. The number of aromatic nitrogens is 1. The van der Waals surface area contributed by atoms with Gasteiger partial charge >= 0.3 is 0 Å². The van der Waals surface area contributed by atoms with E-state index in [-0.39, 0.29) is 120 Å². The number of Topliss-reactive ketones (excluding diaryl/α,β-unsaturated/α-hetero) is 2. The summed E-state index contributed by atoms with van der Waals surface area (Å²) in [6, 6.07) is 57.6. The van der Waals surface area contributed by atoms with Crippen LogP contribution in [0.4, 0.5) is 49.9 Å². The summed E-state index contributed by atoms with van der Waals surface area (Å²) < 4.78 is 13.9. The van der Waals surface area contributed by atoms with Gasteiger partial charge in [-0.2, -0.15) is 0 Å². The van der Waals surface area contributed by atoms with Crippen molar-refractivity contribution in [2.45, 2.75) is 59.1 Å². The molecule has 7 aliphatic heterocycles. The molecule has 19 rings (SSSR count). The molecule has 0 aliphatic carbocycles. The van der Waals surface area contributed by atoms with E-state index in [9.17, 15) is 74.1 Å². The van der Waals surface area contributed by atoms with Crippen molar-refractivity contribution < 1.29 is 48.2 Å².